The van der Waals surface area contributed by atoms with Crippen LogP contribution < -0.4 is 0 Å². The van der Waals surface area contributed by atoms with Crippen molar-refractivity contribution in [2.75, 3.05) is 19.6 Å². The number of fused-ring (bicyclic) bond motifs is 1. The summed E-state index contributed by atoms with van der Waals surface area (Å²) in [5.74, 6) is 2.30. The summed E-state index contributed by atoms with van der Waals surface area (Å²) in [5, 5.41) is 13.0. The SMILES string of the molecule is CCCN(CCC)CCCCn1cc2ccc(CN(Cc3ncc[nH]3)Cc3nccn3C)cc2c1O. The minimum Gasteiger partial charge on any atom is -0.494 e. The number of aryl methyl sites for hydroxylation is 2. The van der Waals surface area contributed by atoms with Crippen molar-refractivity contribution in [3.05, 3.63) is 66.4 Å². The Hall–Kier alpha value is -3.10. The monoisotopic (exact) mass is 491 g/mol. The first-order valence-electron chi connectivity index (χ1n) is 13.3. The zero-order valence-electron chi connectivity index (χ0n) is 22.0. The van der Waals surface area contributed by atoms with Crippen molar-refractivity contribution < 1.29 is 5.11 Å². The van der Waals surface area contributed by atoms with Crippen molar-refractivity contribution in [3.63, 3.8) is 0 Å². The highest BCUT2D eigenvalue weighted by Gasteiger charge is 2.15. The quantitative estimate of drug-likeness (QED) is 0.231. The highest BCUT2D eigenvalue weighted by atomic mass is 16.3. The molecule has 0 atom stereocenters. The van der Waals surface area contributed by atoms with Crippen LogP contribution in [0.1, 0.15) is 56.7 Å². The molecule has 0 unspecified atom stereocenters. The van der Waals surface area contributed by atoms with E-state index in [0.29, 0.717) is 19.0 Å². The number of rotatable bonds is 15. The molecule has 3 heterocycles. The maximum absolute atomic E-state index is 11.0. The molecule has 0 saturated carbocycles. The van der Waals surface area contributed by atoms with Gasteiger partial charge < -0.3 is 24.1 Å². The Bertz CT molecular complexity index is 1190. The second-order valence-corrected chi connectivity index (χ2v) is 9.75. The molecule has 0 saturated heterocycles. The topological polar surface area (TPSA) is 78.1 Å². The number of unbranched alkanes of at least 4 members (excludes halogenated alkanes) is 1. The first-order chi connectivity index (χ1) is 17.6. The molecule has 36 heavy (non-hydrogen) atoms. The number of aromatic nitrogens is 5. The van der Waals surface area contributed by atoms with Gasteiger partial charge in [0, 0.05) is 61.9 Å². The normalized spacial score (nSPS) is 11.9. The number of benzene rings is 1. The molecule has 0 bridgehead atoms. The van der Waals surface area contributed by atoms with Crippen LogP contribution in [0.2, 0.25) is 0 Å². The fourth-order valence-electron chi connectivity index (χ4n) is 4.92. The molecule has 8 nitrogen and oxygen atoms in total. The second kappa shape index (κ2) is 12.7. The maximum Gasteiger partial charge on any atom is 0.199 e. The fraction of sp³-hybridized carbons (Fsp3) is 0.500. The molecule has 8 heteroatoms. The summed E-state index contributed by atoms with van der Waals surface area (Å²) in [6, 6.07) is 6.41. The van der Waals surface area contributed by atoms with E-state index >= 15 is 0 Å². The molecule has 4 aromatic rings. The zero-order valence-corrected chi connectivity index (χ0v) is 22.0. The van der Waals surface area contributed by atoms with Gasteiger partial charge in [-0.1, -0.05) is 26.0 Å². The van der Waals surface area contributed by atoms with Gasteiger partial charge in [-0.25, -0.2) is 9.97 Å². The smallest absolute Gasteiger partial charge is 0.199 e. The molecule has 194 valence electrons. The molecule has 2 N–H and O–H groups in total. The Morgan fingerprint density at radius 2 is 1.78 bits per heavy atom. The Labute approximate surface area is 214 Å². The van der Waals surface area contributed by atoms with Crippen LogP contribution in [0.15, 0.2) is 49.2 Å². The molecular weight excluding hydrogens is 450 g/mol. The van der Waals surface area contributed by atoms with E-state index < -0.39 is 0 Å². The van der Waals surface area contributed by atoms with Gasteiger partial charge in [-0.15, -0.1) is 0 Å². The molecule has 1 aromatic carbocycles. The number of hydrogen-bond donors (Lipinski definition) is 2. The fourth-order valence-corrected chi connectivity index (χ4v) is 4.92. The van der Waals surface area contributed by atoms with E-state index in [9.17, 15) is 5.11 Å². The van der Waals surface area contributed by atoms with Crippen molar-refractivity contribution in [1.82, 2.24) is 33.9 Å². The molecule has 0 aliphatic carbocycles. The number of H-pyrrole nitrogens is 1. The summed E-state index contributed by atoms with van der Waals surface area (Å²) < 4.78 is 4.06. The molecular formula is C28H41N7O. The van der Waals surface area contributed by atoms with E-state index in [1.165, 1.54) is 25.9 Å². The lowest BCUT2D eigenvalue weighted by molar-refractivity contribution is 0.233. The van der Waals surface area contributed by atoms with Gasteiger partial charge in [0.15, 0.2) is 5.88 Å². The van der Waals surface area contributed by atoms with Crippen LogP contribution in [-0.4, -0.2) is 58.6 Å². The number of hydrogen-bond acceptors (Lipinski definition) is 5. The zero-order chi connectivity index (χ0) is 25.3. The first-order valence-corrected chi connectivity index (χ1v) is 13.3. The van der Waals surface area contributed by atoms with Crippen molar-refractivity contribution in [1.29, 1.82) is 0 Å². The average molecular weight is 492 g/mol. The van der Waals surface area contributed by atoms with E-state index in [0.717, 1.165) is 60.5 Å². The highest BCUT2D eigenvalue weighted by Crippen LogP contribution is 2.29. The number of aromatic hydroxyl groups is 1. The van der Waals surface area contributed by atoms with Crippen LogP contribution in [0.4, 0.5) is 0 Å². The minimum absolute atomic E-state index is 0.368. The van der Waals surface area contributed by atoms with Gasteiger partial charge in [-0.3, -0.25) is 4.90 Å². The second-order valence-electron chi connectivity index (χ2n) is 9.75. The summed E-state index contributed by atoms with van der Waals surface area (Å²) in [5.41, 5.74) is 1.16. The third kappa shape index (κ3) is 6.77. The third-order valence-electron chi connectivity index (χ3n) is 6.75. The Balaban J connectivity index is 1.42. The molecule has 0 aliphatic heterocycles. The first kappa shape index (κ1) is 26.0. The largest absolute Gasteiger partial charge is 0.494 e. The highest BCUT2D eigenvalue weighted by molar-refractivity contribution is 5.88. The Kier molecular flexibility index (Phi) is 9.19. The van der Waals surface area contributed by atoms with Gasteiger partial charge in [-0.2, -0.15) is 0 Å². The number of nitrogens with one attached hydrogen (secondary N) is 1. The third-order valence-corrected chi connectivity index (χ3v) is 6.75. The van der Waals surface area contributed by atoms with Crippen molar-refractivity contribution >= 4 is 10.8 Å². The van der Waals surface area contributed by atoms with Crippen LogP contribution in [0.25, 0.3) is 10.8 Å². The van der Waals surface area contributed by atoms with Crippen molar-refractivity contribution in [2.24, 2.45) is 7.05 Å². The Morgan fingerprint density at radius 1 is 0.944 bits per heavy atom. The van der Waals surface area contributed by atoms with E-state index in [4.69, 9.17) is 0 Å². The average Bonchev–Trinajstić information content (AvgIpc) is 3.59. The van der Waals surface area contributed by atoms with Crippen molar-refractivity contribution in [2.45, 2.75) is 65.7 Å². The van der Waals surface area contributed by atoms with Crippen LogP contribution in [0.3, 0.4) is 0 Å². The summed E-state index contributed by atoms with van der Waals surface area (Å²) in [6.45, 7) is 10.9. The summed E-state index contributed by atoms with van der Waals surface area (Å²) in [4.78, 5) is 17.0. The van der Waals surface area contributed by atoms with Gasteiger partial charge in [0.2, 0.25) is 0 Å². The van der Waals surface area contributed by atoms with Gasteiger partial charge in [0.1, 0.15) is 11.6 Å². The maximum atomic E-state index is 11.0. The van der Waals surface area contributed by atoms with Gasteiger partial charge in [-0.05, 0) is 56.9 Å². The van der Waals surface area contributed by atoms with E-state index in [1.54, 1.807) is 6.20 Å². The van der Waals surface area contributed by atoms with E-state index in [1.807, 2.05) is 34.8 Å². The van der Waals surface area contributed by atoms with E-state index in [-0.39, 0.29) is 0 Å². The molecule has 0 spiro atoms. The standard InChI is InChI=1S/C28H41N7O/c1-4-13-33(14-5-2)15-6-7-16-35-20-24-9-8-23(18-25(24)28(35)36)19-34(21-26-29-10-11-30-26)22-27-31-12-17-32(27)3/h8-12,17-18,20,36H,4-7,13-16,19,21-22H2,1-3H3,(H,29,30). The van der Waals surface area contributed by atoms with Crippen LogP contribution >= 0.6 is 0 Å². The van der Waals surface area contributed by atoms with Crippen LogP contribution in [0, 0.1) is 0 Å². The van der Waals surface area contributed by atoms with Crippen molar-refractivity contribution in [3.8, 4) is 5.88 Å². The number of imidazole rings is 2. The van der Waals surface area contributed by atoms with Gasteiger partial charge in [0.25, 0.3) is 0 Å². The lowest BCUT2D eigenvalue weighted by atomic mass is 10.1. The van der Waals surface area contributed by atoms with Crippen LogP contribution in [0.5, 0.6) is 5.88 Å². The molecule has 0 aliphatic rings. The van der Waals surface area contributed by atoms with Crippen LogP contribution in [-0.2, 0) is 33.2 Å². The lowest BCUT2D eigenvalue weighted by Crippen LogP contribution is -2.26. The molecule has 4 rings (SSSR count). The molecule has 3 aromatic heterocycles. The molecule has 0 amide bonds. The van der Waals surface area contributed by atoms with E-state index in [2.05, 4.69) is 63.0 Å². The summed E-state index contributed by atoms with van der Waals surface area (Å²) >= 11 is 0. The predicted molar refractivity (Wildman–Crippen MR) is 145 cm³/mol. The minimum atomic E-state index is 0.368. The lowest BCUT2D eigenvalue weighted by Gasteiger charge is -2.21. The summed E-state index contributed by atoms with van der Waals surface area (Å²) in [6.07, 6.45) is 14.1. The number of nitrogens with zero attached hydrogens (tertiary/aromatic N) is 6. The van der Waals surface area contributed by atoms with Gasteiger partial charge in [0.05, 0.1) is 13.1 Å². The predicted octanol–water partition coefficient (Wildman–Crippen LogP) is 4.91. The van der Waals surface area contributed by atoms with Gasteiger partial charge >= 0.3 is 0 Å². The number of aromatic amines is 1. The summed E-state index contributed by atoms with van der Waals surface area (Å²) in [7, 11) is 2.02. The molecule has 0 radical (unpaired) electrons. The Morgan fingerprint density at radius 3 is 2.47 bits per heavy atom. The molecule has 0 fully saturated rings.